The van der Waals surface area contributed by atoms with Gasteiger partial charge in [-0.25, -0.2) is 4.98 Å². The lowest BCUT2D eigenvalue weighted by Gasteiger charge is -2.04. The lowest BCUT2D eigenvalue weighted by Crippen LogP contribution is -2.12. The van der Waals surface area contributed by atoms with Crippen molar-refractivity contribution >= 4 is 11.0 Å². The summed E-state index contributed by atoms with van der Waals surface area (Å²) < 4.78 is 7.91. The van der Waals surface area contributed by atoms with Crippen molar-refractivity contribution in [1.82, 2.24) is 25.1 Å². The summed E-state index contributed by atoms with van der Waals surface area (Å²) in [5.41, 5.74) is 4.29. The number of aromatic amines is 1. The molecule has 3 aromatic heterocycles. The first-order chi connectivity index (χ1) is 11.7. The molecule has 6 nitrogen and oxygen atoms in total. The van der Waals surface area contributed by atoms with Gasteiger partial charge in [0.1, 0.15) is 17.3 Å². The molecule has 0 aliphatic rings. The van der Waals surface area contributed by atoms with Gasteiger partial charge in [-0.05, 0) is 42.8 Å². The van der Waals surface area contributed by atoms with E-state index in [2.05, 4.69) is 43.3 Å². The quantitative estimate of drug-likeness (QED) is 0.592. The molecule has 0 atom stereocenters. The van der Waals surface area contributed by atoms with E-state index in [1.54, 1.807) is 6.20 Å². The Morgan fingerprint density at radius 2 is 2.08 bits per heavy atom. The SMILES string of the molecule is Cc1nc2cc(CNCc3ccc(-c4ccn[nH]4)o3)ccc2n1C. The summed E-state index contributed by atoms with van der Waals surface area (Å²) in [6.45, 7) is 3.46. The van der Waals surface area contributed by atoms with Crippen LogP contribution in [0.4, 0.5) is 0 Å². The summed E-state index contributed by atoms with van der Waals surface area (Å²) in [6.07, 6.45) is 1.71. The highest BCUT2D eigenvalue weighted by molar-refractivity contribution is 5.76. The fourth-order valence-electron chi connectivity index (χ4n) is 2.82. The Hall–Kier alpha value is -2.86. The third-order valence-corrected chi connectivity index (χ3v) is 4.23. The standard InChI is InChI=1S/C18H19N5O/c1-12-21-16-9-13(3-5-17(16)23(12)2)10-19-11-14-4-6-18(24-14)15-7-8-20-22-15/h3-9,19H,10-11H2,1-2H3,(H,20,22). The molecule has 0 amide bonds. The average molecular weight is 321 g/mol. The highest BCUT2D eigenvalue weighted by Crippen LogP contribution is 2.20. The van der Waals surface area contributed by atoms with Crippen LogP contribution in [0.5, 0.6) is 0 Å². The van der Waals surface area contributed by atoms with Gasteiger partial charge in [-0.15, -0.1) is 0 Å². The fraction of sp³-hybridized carbons (Fsp3) is 0.222. The maximum Gasteiger partial charge on any atom is 0.152 e. The summed E-state index contributed by atoms with van der Waals surface area (Å²) in [7, 11) is 2.04. The normalized spacial score (nSPS) is 11.4. The minimum Gasteiger partial charge on any atom is -0.458 e. The van der Waals surface area contributed by atoms with E-state index < -0.39 is 0 Å². The molecule has 3 heterocycles. The number of aryl methyl sites for hydroxylation is 2. The molecule has 0 radical (unpaired) electrons. The number of rotatable bonds is 5. The van der Waals surface area contributed by atoms with Crippen LogP contribution in [-0.4, -0.2) is 19.7 Å². The molecule has 24 heavy (non-hydrogen) atoms. The summed E-state index contributed by atoms with van der Waals surface area (Å²) in [5.74, 6) is 2.72. The maximum absolute atomic E-state index is 5.81. The molecule has 0 aliphatic heterocycles. The van der Waals surface area contributed by atoms with Crippen LogP contribution in [0.15, 0.2) is 47.0 Å². The summed E-state index contributed by atoms with van der Waals surface area (Å²) in [6, 6.07) is 12.2. The van der Waals surface area contributed by atoms with Gasteiger partial charge in [0.05, 0.1) is 17.6 Å². The zero-order chi connectivity index (χ0) is 16.5. The lowest BCUT2D eigenvalue weighted by molar-refractivity contribution is 0.492. The van der Waals surface area contributed by atoms with Crippen LogP contribution in [0.1, 0.15) is 17.1 Å². The first kappa shape index (κ1) is 14.7. The van der Waals surface area contributed by atoms with Crippen molar-refractivity contribution in [3.05, 3.63) is 59.7 Å². The zero-order valence-corrected chi connectivity index (χ0v) is 13.7. The van der Waals surface area contributed by atoms with Gasteiger partial charge in [0.25, 0.3) is 0 Å². The molecular weight excluding hydrogens is 302 g/mol. The van der Waals surface area contributed by atoms with Gasteiger partial charge >= 0.3 is 0 Å². The van der Waals surface area contributed by atoms with Gasteiger partial charge in [-0.1, -0.05) is 6.07 Å². The zero-order valence-electron chi connectivity index (χ0n) is 13.7. The number of aromatic nitrogens is 4. The topological polar surface area (TPSA) is 71.7 Å². The smallest absolute Gasteiger partial charge is 0.152 e. The molecular formula is C18H19N5O. The van der Waals surface area contributed by atoms with Crippen LogP contribution in [0, 0.1) is 6.92 Å². The third kappa shape index (κ3) is 2.72. The Kier molecular flexibility index (Phi) is 3.66. The van der Waals surface area contributed by atoms with E-state index in [0.29, 0.717) is 6.54 Å². The van der Waals surface area contributed by atoms with Crippen molar-refractivity contribution in [1.29, 1.82) is 0 Å². The van der Waals surface area contributed by atoms with Gasteiger partial charge in [0.15, 0.2) is 5.76 Å². The first-order valence-corrected chi connectivity index (χ1v) is 7.92. The van der Waals surface area contributed by atoms with Crippen LogP contribution in [0.25, 0.3) is 22.5 Å². The Morgan fingerprint density at radius 1 is 1.17 bits per heavy atom. The van der Waals surface area contributed by atoms with E-state index in [0.717, 1.165) is 40.6 Å². The van der Waals surface area contributed by atoms with Crippen LogP contribution in [0.3, 0.4) is 0 Å². The molecule has 0 saturated heterocycles. The van der Waals surface area contributed by atoms with Crippen LogP contribution >= 0.6 is 0 Å². The number of hydrogen-bond acceptors (Lipinski definition) is 4. The van der Waals surface area contributed by atoms with Crippen molar-refractivity contribution < 1.29 is 4.42 Å². The Balaban J connectivity index is 1.40. The van der Waals surface area contributed by atoms with Crippen LogP contribution < -0.4 is 5.32 Å². The second kappa shape index (κ2) is 5.98. The van der Waals surface area contributed by atoms with E-state index in [1.165, 1.54) is 5.56 Å². The predicted molar refractivity (Wildman–Crippen MR) is 92.3 cm³/mol. The van der Waals surface area contributed by atoms with Gasteiger partial charge in [-0.3, -0.25) is 5.10 Å². The van der Waals surface area contributed by atoms with Gasteiger partial charge in [0.2, 0.25) is 0 Å². The Bertz CT molecular complexity index is 965. The van der Waals surface area contributed by atoms with E-state index in [-0.39, 0.29) is 0 Å². The molecule has 6 heteroatoms. The molecule has 0 bridgehead atoms. The highest BCUT2D eigenvalue weighted by Gasteiger charge is 2.07. The van der Waals surface area contributed by atoms with Crippen LogP contribution in [-0.2, 0) is 20.1 Å². The number of nitrogens with one attached hydrogen (secondary N) is 2. The molecule has 1 aromatic carbocycles. The molecule has 4 rings (SSSR count). The van der Waals surface area contributed by atoms with Gasteiger partial charge < -0.3 is 14.3 Å². The number of nitrogens with zero attached hydrogens (tertiary/aromatic N) is 3. The number of benzene rings is 1. The number of fused-ring (bicyclic) bond motifs is 1. The van der Waals surface area contributed by atoms with Crippen molar-refractivity contribution in [2.24, 2.45) is 7.05 Å². The number of imidazole rings is 1. The summed E-state index contributed by atoms with van der Waals surface area (Å²) >= 11 is 0. The monoisotopic (exact) mass is 321 g/mol. The van der Waals surface area contributed by atoms with Gasteiger partial charge in [0, 0.05) is 19.8 Å². The number of furan rings is 1. The second-order valence-electron chi connectivity index (χ2n) is 5.88. The Morgan fingerprint density at radius 3 is 2.92 bits per heavy atom. The van der Waals surface area contributed by atoms with Gasteiger partial charge in [-0.2, -0.15) is 5.10 Å². The maximum atomic E-state index is 5.81. The number of hydrogen-bond donors (Lipinski definition) is 2. The van der Waals surface area contributed by atoms with Crippen molar-refractivity contribution in [2.45, 2.75) is 20.0 Å². The molecule has 122 valence electrons. The van der Waals surface area contributed by atoms with E-state index in [9.17, 15) is 0 Å². The van der Waals surface area contributed by atoms with Crippen molar-refractivity contribution in [3.8, 4) is 11.5 Å². The third-order valence-electron chi connectivity index (χ3n) is 4.23. The van der Waals surface area contributed by atoms with Crippen LogP contribution in [0.2, 0.25) is 0 Å². The highest BCUT2D eigenvalue weighted by atomic mass is 16.3. The largest absolute Gasteiger partial charge is 0.458 e. The molecule has 0 saturated carbocycles. The lowest BCUT2D eigenvalue weighted by atomic mass is 10.2. The Labute approximate surface area is 139 Å². The summed E-state index contributed by atoms with van der Waals surface area (Å²) in [4.78, 5) is 4.58. The minimum absolute atomic E-state index is 0.674. The molecule has 0 fully saturated rings. The van der Waals surface area contributed by atoms with E-state index >= 15 is 0 Å². The fourth-order valence-corrected chi connectivity index (χ4v) is 2.82. The molecule has 0 spiro atoms. The molecule has 4 aromatic rings. The van der Waals surface area contributed by atoms with E-state index in [4.69, 9.17) is 4.42 Å². The minimum atomic E-state index is 0.674. The average Bonchev–Trinajstić information content (AvgIpc) is 3.29. The molecule has 0 aliphatic carbocycles. The van der Waals surface area contributed by atoms with E-state index in [1.807, 2.05) is 32.2 Å². The number of H-pyrrole nitrogens is 1. The predicted octanol–water partition coefficient (Wildman–Crippen LogP) is 3.15. The molecule has 0 unspecified atom stereocenters. The second-order valence-corrected chi connectivity index (χ2v) is 5.88. The first-order valence-electron chi connectivity index (χ1n) is 7.92. The van der Waals surface area contributed by atoms with Crippen molar-refractivity contribution in [3.63, 3.8) is 0 Å². The summed E-state index contributed by atoms with van der Waals surface area (Å²) in [5, 5.41) is 10.2. The van der Waals surface area contributed by atoms with Crippen molar-refractivity contribution in [2.75, 3.05) is 0 Å². The molecule has 2 N–H and O–H groups in total.